The van der Waals surface area contributed by atoms with Gasteiger partial charge in [-0.1, -0.05) is 19.9 Å². The predicted octanol–water partition coefficient (Wildman–Crippen LogP) is 4.12. The maximum Gasteiger partial charge on any atom is 0.185 e. The lowest BCUT2D eigenvalue weighted by molar-refractivity contribution is 0.478. The third-order valence-corrected chi connectivity index (χ3v) is 5.92. The molecule has 0 atom stereocenters. The summed E-state index contributed by atoms with van der Waals surface area (Å²) in [6.07, 6.45) is 2.00. The number of nitrogens with one attached hydrogen (secondary N) is 1. The van der Waals surface area contributed by atoms with Gasteiger partial charge >= 0.3 is 0 Å². The molecule has 0 fully saturated rings. The van der Waals surface area contributed by atoms with Crippen molar-refractivity contribution < 1.29 is 0 Å². The Morgan fingerprint density at radius 2 is 2.05 bits per heavy atom. The molecule has 0 aliphatic heterocycles. The monoisotopic (exact) mass is 323 g/mol. The van der Waals surface area contributed by atoms with E-state index in [-0.39, 0.29) is 5.41 Å². The van der Waals surface area contributed by atoms with Gasteiger partial charge < -0.3 is 10.2 Å². The molecule has 0 aliphatic rings. The van der Waals surface area contributed by atoms with E-state index >= 15 is 0 Å². The van der Waals surface area contributed by atoms with Crippen LogP contribution in [0.2, 0.25) is 0 Å². The smallest absolute Gasteiger partial charge is 0.185 e. The zero-order valence-corrected chi connectivity index (χ0v) is 15.0. The summed E-state index contributed by atoms with van der Waals surface area (Å²) in [4.78, 5) is 9.56. The van der Waals surface area contributed by atoms with Gasteiger partial charge in [0.2, 0.25) is 0 Å². The standard InChI is InChI=1S/C16H25N3S2/c1-5-19(6-2)15-18-11-13(21-15)10-17-12-16(3,4)14-8-7-9-20-14/h7-9,11,17H,5-6,10,12H2,1-4H3. The summed E-state index contributed by atoms with van der Waals surface area (Å²) in [7, 11) is 0. The fourth-order valence-electron chi connectivity index (χ4n) is 2.27. The molecule has 0 unspecified atom stereocenters. The van der Waals surface area contributed by atoms with Crippen LogP contribution in [0.25, 0.3) is 0 Å². The lowest BCUT2D eigenvalue weighted by Crippen LogP contribution is -2.31. The Labute approximate surface area is 136 Å². The molecular weight excluding hydrogens is 298 g/mol. The Balaban J connectivity index is 1.86. The van der Waals surface area contributed by atoms with E-state index in [0.29, 0.717) is 0 Å². The molecule has 2 heterocycles. The molecule has 2 aromatic rings. The van der Waals surface area contributed by atoms with Crippen molar-refractivity contribution in [2.45, 2.75) is 39.7 Å². The Hall–Kier alpha value is -0.910. The van der Waals surface area contributed by atoms with Crippen LogP contribution in [-0.4, -0.2) is 24.6 Å². The van der Waals surface area contributed by atoms with Crippen LogP contribution < -0.4 is 10.2 Å². The van der Waals surface area contributed by atoms with Crippen molar-refractivity contribution in [3.63, 3.8) is 0 Å². The second-order valence-electron chi connectivity index (χ2n) is 5.75. The third kappa shape index (κ3) is 4.28. The van der Waals surface area contributed by atoms with Gasteiger partial charge in [-0.3, -0.25) is 0 Å². The Morgan fingerprint density at radius 1 is 1.29 bits per heavy atom. The average molecular weight is 324 g/mol. The minimum absolute atomic E-state index is 0.181. The zero-order chi connectivity index (χ0) is 15.3. The molecule has 21 heavy (non-hydrogen) atoms. The molecule has 0 aromatic carbocycles. The van der Waals surface area contributed by atoms with Gasteiger partial charge in [-0.25, -0.2) is 4.98 Å². The summed E-state index contributed by atoms with van der Waals surface area (Å²) in [5, 5.41) is 6.86. The maximum atomic E-state index is 4.53. The van der Waals surface area contributed by atoms with Gasteiger partial charge in [0.05, 0.1) is 0 Å². The lowest BCUT2D eigenvalue weighted by Gasteiger charge is -2.23. The molecule has 5 heteroatoms. The van der Waals surface area contributed by atoms with Crippen molar-refractivity contribution in [2.24, 2.45) is 0 Å². The summed E-state index contributed by atoms with van der Waals surface area (Å²) >= 11 is 3.63. The summed E-state index contributed by atoms with van der Waals surface area (Å²) in [5.41, 5.74) is 0.181. The first kappa shape index (κ1) is 16.5. The Kier molecular flexibility index (Phi) is 5.79. The van der Waals surface area contributed by atoms with Crippen LogP contribution in [0.4, 0.5) is 5.13 Å². The molecule has 0 amide bonds. The molecule has 0 radical (unpaired) electrons. The first-order valence-electron chi connectivity index (χ1n) is 7.51. The number of anilines is 1. The van der Waals surface area contributed by atoms with E-state index in [1.165, 1.54) is 9.75 Å². The van der Waals surface area contributed by atoms with Crippen LogP contribution >= 0.6 is 22.7 Å². The molecule has 2 rings (SSSR count). The number of thiazole rings is 1. The van der Waals surface area contributed by atoms with E-state index in [4.69, 9.17) is 0 Å². The molecule has 3 nitrogen and oxygen atoms in total. The first-order valence-corrected chi connectivity index (χ1v) is 9.20. The lowest BCUT2D eigenvalue weighted by atomic mass is 9.91. The second kappa shape index (κ2) is 7.38. The van der Waals surface area contributed by atoms with Crippen LogP contribution in [0.1, 0.15) is 37.4 Å². The van der Waals surface area contributed by atoms with E-state index in [9.17, 15) is 0 Å². The van der Waals surface area contributed by atoms with Gasteiger partial charge in [0.1, 0.15) is 0 Å². The van der Waals surface area contributed by atoms with Gasteiger partial charge in [-0.05, 0) is 25.3 Å². The Morgan fingerprint density at radius 3 is 2.67 bits per heavy atom. The molecule has 1 N–H and O–H groups in total. The zero-order valence-electron chi connectivity index (χ0n) is 13.3. The normalized spacial score (nSPS) is 11.8. The fourth-order valence-corrected chi connectivity index (χ4v) is 4.13. The van der Waals surface area contributed by atoms with Crippen molar-refractivity contribution in [2.75, 3.05) is 24.5 Å². The van der Waals surface area contributed by atoms with Crippen molar-refractivity contribution in [3.05, 3.63) is 33.5 Å². The van der Waals surface area contributed by atoms with Crippen LogP contribution in [0.15, 0.2) is 23.7 Å². The summed E-state index contributed by atoms with van der Waals surface area (Å²) in [6.45, 7) is 12.8. The van der Waals surface area contributed by atoms with Crippen LogP contribution in [0.5, 0.6) is 0 Å². The van der Waals surface area contributed by atoms with E-state index in [2.05, 4.69) is 60.4 Å². The topological polar surface area (TPSA) is 28.2 Å². The molecule has 116 valence electrons. The SMILES string of the molecule is CCN(CC)c1ncc(CNCC(C)(C)c2cccs2)s1. The highest BCUT2D eigenvalue weighted by Gasteiger charge is 2.21. The number of thiophene rings is 1. The largest absolute Gasteiger partial charge is 0.349 e. The highest BCUT2D eigenvalue weighted by molar-refractivity contribution is 7.15. The van der Waals surface area contributed by atoms with E-state index in [1.54, 1.807) is 11.3 Å². The van der Waals surface area contributed by atoms with Gasteiger partial charge in [-0.15, -0.1) is 22.7 Å². The van der Waals surface area contributed by atoms with Crippen LogP contribution in [-0.2, 0) is 12.0 Å². The molecular formula is C16H25N3S2. The third-order valence-electron chi connectivity index (χ3n) is 3.63. The summed E-state index contributed by atoms with van der Waals surface area (Å²) < 4.78 is 0. The van der Waals surface area contributed by atoms with Gasteiger partial charge in [0.25, 0.3) is 0 Å². The number of hydrogen-bond donors (Lipinski definition) is 1. The van der Waals surface area contributed by atoms with E-state index in [1.807, 2.05) is 17.5 Å². The van der Waals surface area contributed by atoms with Crippen LogP contribution in [0.3, 0.4) is 0 Å². The molecule has 0 spiro atoms. The number of rotatable bonds is 8. The molecule has 2 aromatic heterocycles. The average Bonchev–Trinajstić information content (AvgIpc) is 3.11. The van der Waals surface area contributed by atoms with Crippen molar-refractivity contribution in [1.29, 1.82) is 0 Å². The fraction of sp³-hybridized carbons (Fsp3) is 0.562. The van der Waals surface area contributed by atoms with Crippen molar-refractivity contribution >= 4 is 27.8 Å². The predicted molar refractivity (Wildman–Crippen MR) is 94.7 cm³/mol. The maximum absolute atomic E-state index is 4.53. The number of hydrogen-bond acceptors (Lipinski definition) is 5. The molecule has 0 aliphatic carbocycles. The van der Waals surface area contributed by atoms with Crippen molar-refractivity contribution in [1.82, 2.24) is 10.3 Å². The van der Waals surface area contributed by atoms with Gasteiger partial charge in [-0.2, -0.15) is 0 Å². The Bertz CT molecular complexity index is 527. The van der Waals surface area contributed by atoms with Gasteiger partial charge in [0.15, 0.2) is 5.13 Å². The summed E-state index contributed by atoms with van der Waals surface area (Å²) in [6, 6.07) is 4.35. The second-order valence-corrected chi connectivity index (χ2v) is 7.79. The minimum atomic E-state index is 0.181. The van der Waals surface area contributed by atoms with Gasteiger partial charge in [0, 0.05) is 47.5 Å². The van der Waals surface area contributed by atoms with E-state index < -0.39 is 0 Å². The molecule has 0 saturated heterocycles. The van der Waals surface area contributed by atoms with Crippen molar-refractivity contribution in [3.8, 4) is 0 Å². The van der Waals surface area contributed by atoms with E-state index in [0.717, 1.165) is 31.3 Å². The van der Waals surface area contributed by atoms with Crippen LogP contribution in [0, 0.1) is 0 Å². The highest BCUT2D eigenvalue weighted by Crippen LogP contribution is 2.27. The highest BCUT2D eigenvalue weighted by atomic mass is 32.1. The quantitative estimate of drug-likeness (QED) is 0.792. The minimum Gasteiger partial charge on any atom is -0.349 e. The first-order chi connectivity index (χ1) is 10.1. The molecule has 0 bridgehead atoms. The number of nitrogens with zero attached hydrogens (tertiary/aromatic N) is 2. The summed E-state index contributed by atoms with van der Waals surface area (Å²) in [5.74, 6) is 0. The molecule has 0 saturated carbocycles. The number of aromatic nitrogens is 1.